The number of nitrogens with one attached hydrogen (secondary N) is 1. The highest BCUT2D eigenvalue weighted by Crippen LogP contribution is 2.22. The lowest BCUT2D eigenvalue weighted by Gasteiger charge is -2.01. The summed E-state index contributed by atoms with van der Waals surface area (Å²) >= 11 is 1.72. The molecule has 1 aliphatic rings. The monoisotopic (exact) mass is 197 g/mol. The zero-order chi connectivity index (χ0) is 9.10. The van der Waals surface area contributed by atoms with Crippen molar-refractivity contribution in [2.24, 2.45) is 0 Å². The van der Waals surface area contributed by atoms with Crippen LogP contribution in [-0.2, 0) is 0 Å². The fraction of sp³-hybridized carbons (Fsp3) is 0.400. The van der Waals surface area contributed by atoms with Crippen LogP contribution in [0.4, 0.5) is 4.39 Å². The van der Waals surface area contributed by atoms with Crippen LogP contribution in [0.15, 0.2) is 29.2 Å². The van der Waals surface area contributed by atoms with Crippen LogP contribution in [0.5, 0.6) is 0 Å². The molecule has 0 amide bonds. The Kier molecular flexibility index (Phi) is 2.86. The number of hydrogen-bond donors (Lipinski definition) is 1. The summed E-state index contributed by atoms with van der Waals surface area (Å²) in [6.45, 7) is 0. The van der Waals surface area contributed by atoms with Crippen molar-refractivity contribution in [3.05, 3.63) is 30.1 Å². The molecule has 0 aliphatic heterocycles. The second-order valence-corrected chi connectivity index (χ2v) is 4.27. The van der Waals surface area contributed by atoms with Crippen LogP contribution < -0.4 is 5.32 Å². The maximum Gasteiger partial charge on any atom is 0.123 e. The molecule has 0 atom stereocenters. The summed E-state index contributed by atoms with van der Waals surface area (Å²) in [5.74, 6) is 0.760. The van der Waals surface area contributed by atoms with Gasteiger partial charge in [0.05, 0.1) is 0 Å². The van der Waals surface area contributed by atoms with Gasteiger partial charge in [-0.2, -0.15) is 0 Å². The molecule has 2 rings (SSSR count). The Bertz CT molecular complexity index is 269. The highest BCUT2D eigenvalue weighted by Gasteiger charge is 2.19. The van der Waals surface area contributed by atoms with Gasteiger partial charge in [-0.3, -0.25) is 0 Å². The summed E-state index contributed by atoms with van der Waals surface area (Å²) in [6, 6.07) is 7.37. The van der Waals surface area contributed by atoms with Crippen molar-refractivity contribution >= 4 is 11.8 Å². The molecule has 0 radical (unpaired) electrons. The van der Waals surface area contributed by atoms with Crippen molar-refractivity contribution in [1.82, 2.24) is 5.32 Å². The summed E-state index contributed by atoms with van der Waals surface area (Å²) in [4.78, 5) is 1.12. The predicted octanol–water partition coefficient (Wildman–Crippen LogP) is 2.63. The molecular formula is C10H12FNS. The van der Waals surface area contributed by atoms with E-state index in [1.165, 1.54) is 25.0 Å². The first-order chi connectivity index (χ1) is 6.34. The Morgan fingerprint density at radius 2 is 2.00 bits per heavy atom. The van der Waals surface area contributed by atoms with E-state index in [0.717, 1.165) is 16.8 Å². The minimum absolute atomic E-state index is 0.167. The molecule has 1 nitrogen and oxygen atoms in total. The van der Waals surface area contributed by atoms with Gasteiger partial charge < -0.3 is 5.32 Å². The molecule has 0 spiro atoms. The molecule has 0 saturated heterocycles. The van der Waals surface area contributed by atoms with Crippen molar-refractivity contribution in [2.75, 3.05) is 5.88 Å². The van der Waals surface area contributed by atoms with Crippen LogP contribution in [0.1, 0.15) is 12.8 Å². The Morgan fingerprint density at radius 1 is 1.31 bits per heavy atom. The molecule has 0 heterocycles. The van der Waals surface area contributed by atoms with Crippen molar-refractivity contribution in [3.8, 4) is 0 Å². The van der Waals surface area contributed by atoms with Gasteiger partial charge in [0.1, 0.15) is 5.82 Å². The Labute approximate surface area is 81.7 Å². The number of thioether (sulfide) groups is 1. The second-order valence-electron chi connectivity index (χ2n) is 3.22. The third-order valence-electron chi connectivity index (χ3n) is 2.00. The highest BCUT2D eigenvalue weighted by molar-refractivity contribution is 7.99. The molecule has 0 bridgehead atoms. The maximum absolute atomic E-state index is 12.5. The van der Waals surface area contributed by atoms with E-state index in [4.69, 9.17) is 0 Å². The van der Waals surface area contributed by atoms with Gasteiger partial charge in [0.25, 0.3) is 0 Å². The van der Waals surface area contributed by atoms with E-state index < -0.39 is 0 Å². The van der Waals surface area contributed by atoms with Gasteiger partial charge in [-0.1, -0.05) is 0 Å². The average Bonchev–Trinajstić information content (AvgIpc) is 2.92. The molecular weight excluding hydrogens is 185 g/mol. The van der Waals surface area contributed by atoms with E-state index in [9.17, 15) is 4.39 Å². The van der Waals surface area contributed by atoms with Crippen LogP contribution in [0.3, 0.4) is 0 Å². The molecule has 1 aromatic carbocycles. The fourth-order valence-electron chi connectivity index (χ4n) is 1.06. The van der Waals surface area contributed by atoms with E-state index in [1.807, 2.05) is 12.1 Å². The summed E-state index contributed by atoms with van der Waals surface area (Å²) in [5.41, 5.74) is 0. The minimum atomic E-state index is -0.167. The van der Waals surface area contributed by atoms with Crippen molar-refractivity contribution in [2.45, 2.75) is 23.8 Å². The Hall–Kier alpha value is -0.540. The normalized spacial score (nSPS) is 16.1. The van der Waals surface area contributed by atoms with Gasteiger partial charge in [-0.25, -0.2) is 4.39 Å². The first-order valence-corrected chi connectivity index (χ1v) is 5.45. The summed E-state index contributed by atoms with van der Waals surface area (Å²) in [7, 11) is 0. The topological polar surface area (TPSA) is 12.0 Å². The lowest BCUT2D eigenvalue weighted by atomic mass is 10.4. The van der Waals surface area contributed by atoms with Crippen molar-refractivity contribution in [1.29, 1.82) is 0 Å². The van der Waals surface area contributed by atoms with E-state index in [0.29, 0.717) is 0 Å². The van der Waals surface area contributed by atoms with Crippen LogP contribution in [0.2, 0.25) is 0 Å². The van der Waals surface area contributed by atoms with E-state index in [-0.39, 0.29) is 5.82 Å². The Balaban J connectivity index is 1.76. The molecule has 1 N–H and O–H groups in total. The molecule has 0 aromatic heterocycles. The standard InChI is InChI=1S/C10H12FNS/c11-8-1-5-10(6-2-8)13-7-12-9-3-4-9/h1-2,5-6,9,12H,3-4,7H2. The van der Waals surface area contributed by atoms with Crippen LogP contribution in [0, 0.1) is 5.82 Å². The smallest absolute Gasteiger partial charge is 0.123 e. The zero-order valence-corrected chi connectivity index (χ0v) is 8.11. The van der Waals surface area contributed by atoms with Gasteiger partial charge in [-0.15, -0.1) is 11.8 Å². The minimum Gasteiger partial charge on any atom is -0.305 e. The van der Waals surface area contributed by atoms with E-state index in [1.54, 1.807) is 11.8 Å². The number of benzene rings is 1. The Morgan fingerprint density at radius 3 is 2.62 bits per heavy atom. The van der Waals surface area contributed by atoms with E-state index >= 15 is 0 Å². The molecule has 1 saturated carbocycles. The summed E-state index contributed by atoms with van der Waals surface area (Å²) in [5, 5.41) is 3.39. The summed E-state index contributed by atoms with van der Waals surface area (Å²) < 4.78 is 12.5. The van der Waals surface area contributed by atoms with E-state index in [2.05, 4.69) is 5.32 Å². The largest absolute Gasteiger partial charge is 0.305 e. The quantitative estimate of drug-likeness (QED) is 0.588. The first-order valence-electron chi connectivity index (χ1n) is 4.46. The SMILES string of the molecule is Fc1ccc(SCNC2CC2)cc1. The molecule has 70 valence electrons. The van der Waals surface area contributed by atoms with Crippen molar-refractivity contribution < 1.29 is 4.39 Å². The number of hydrogen-bond acceptors (Lipinski definition) is 2. The lowest BCUT2D eigenvalue weighted by molar-refractivity contribution is 0.626. The van der Waals surface area contributed by atoms with Gasteiger partial charge >= 0.3 is 0 Å². The average molecular weight is 197 g/mol. The van der Waals surface area contributed by atoms with Crippen LogP contribution in [0.25, 0.3) is 0 Å². The van der Waals surface area contributed by atoms with Crippen molar-refractivity contribution in [3.63, 3.8) is 0 Å². The van der Waals surface area contributed by atoms with Gasteiger partial charge in [0, 0.05) is 16.8 Å². The molecule has 13 heavy (non-hydrogen) atoms. The predicted molar refractivity (Wildman–Crippen MR) is 53.3 cm³/mol. The summed E-state index contributed by atoms with van der Waals surface area (Å²) in [6.07, 6.45) is 2.62. The zero-order valence-electron chi connectivity index (χ0n) is 7.29. The van der Waals surface area contributed by atoms with Gasteiger partial charge in [-0.05, 0) is 37.1 Å². The highest BCUT2D eigenvalue weighted by atomic mass is 32.2. The first kappa shape index (κ1) is 9.03. The third kappa shape index (κ3) is 3.01. The number of halogens is 1. The van der Waals surface area contributed by atoms with Crippen LogP contribution >= 0.6 is 11.8 Å². The molecule has 1 aromatic rings. The van der Waals surface area contributed by atoms with Gasteiger partial charge in [0.2, 0.25) is 0 Å². The molecule has 0 unspecified atom stereocenters. The fourth-order valence-corrected chi connectivity index (χ4v) is 1.88. The maximum atomic E-state index is 12.5. The molecule has 1 aliphatic carbocycles. The number of rotatable bonds is 4. The van der Waals surface area contributed by atoms with Crippen LogP contribution in [-0.4, -0.2) is 11.9 Å². The van der Waals surface area contributed by atoms with Gasteiger partial charge in [0.15, 0.2) is 0 Å². The second kappa shape index (κ2) is 4.11. The molecule has 3 heteroatoms. The lowest BCUT2D eigenvalue weighted by Crippen LogP contribution is -2.14. The third-order valence-corrected chi connectivity index (χ3v) is 2.92. The molecule has 1 fully saturated rings.